The molecule has 5 heteroatoms. The van der Waals surface area contributed by atoms with E-state index in [2.05, 4.69) is 264 Å². The molecule has 14 rings (SSSR count). The number of benzene rings is 10. The minimum Gasteiger partial charge on any atom is -0.311 e. The van der Waals surface area contributed by atoms with E-state index in [0.717, 1.165) is 69.5 Å². The first-order chi connectivity index (χ1) is 38.9. The summed E-state index contributed by atoms with van der Waals surface area (Å²) in [6.45, 7) is 4.35. The molecule has 1 unspecified atom stereocenters. The Bertz CT molecular complexity index is 4010. The van der Waals surface area contributed by atoms with Crippen molar-refractivity contribution in [2.75, 3.05) is 9.80 Å². The second-order valence-corrected chi connectivity index (χ2v) is 20.7. The average molecular weight is 1210 g/mol. The van der Waals surface area contributed by atoms with Gasteiger partial charge in [-0.1, -0.05) is 151 Å². The van der Waals surface area contributed by atoms with E-state index < -0.39 is 0 Å². The first kappa shape index (κ1) is 51.5. The molecule has 0 saturated carbocycles. The van der Waals surface area contributed by atoms with Crippen molar-refractivity contribution in [3.63, 3.8) is 0 Å². The Kier molecular flexibility index (Phi) is 14.6. The summed E-state index contributed by atoms with van der Waals surface area (Å²) in [6.07, 6.45) is 5.57. The van der Waals surface area contributed by atoms with Crippen molar-refractivity contribution in [3.8, 4) is 55.9 Å². The molecule has 0 saturated heterocycles. The summed E-state index contributed by atoms with van der Waals surface area (Å²) >= 11 is 0. The third-order valence-corrected chi connectivity index (χ3v) is 15.6. The Morgan fingerprint density at radius 2 is 0.800 bits per heavy atom. The summed E-state index contributed by atoms with van der Waals surface area (Å²) in [5.41, 5.74) is 26.3. The van der Waals surface area contributed by atoms with Crippen LogP contribution in [0.3, 0.4) is 0 Å². The number of aryl methyl sites for hydroxylation is 2. The van der Waals surface area contributed by atoms with E-state index in [1.165, 1.54) is 66.8 Å². The first-order valence-electron chi connectivity index (χ1n) is 27.1. The molecule has 1 spiro atoms. The Morgan fingerprint density at radius 3 is 1.32 bits per heavy atom. The maximum atomic E-state index is 4.65. The topological polar surface area (TPSA) is 32.3 Å². The molecule has 0 amide bonds. The second-order valence-electron chi connectivity index (χ2n) is 20.7. The van der Waals surface area contributed by atoms with Crippen LogP contribution in [0.15, 0.2) is 279 Å². The monoisotopic (exact) mass is 1210 g/mol. The zero-order valence-corrected chi connectivity index (χ0v) is 47.0. The number of anilines is 6. The summed E-state index contributed by atoms with van der Waals surface area (Å²) in [7, 11) is 0. The van der Waals surface area contributed by atoms with Crippen LogP contribution in [0, 0.1) is 26.0 Å². The third kappa shape index (κ3) is 10.2. The van der Waals surface area contributed by atoms with Crippen LogP contribution in [0.4, 0.5) is 34.1 Å². The van der Waals surface area contributed by atoms with Gasteiger partial charge in [0.1, 0.15) is 0 Å². The molecule has 1 atom stereocenters. The van der Waals surface area contributed by atoms with Crippen molar-refractivity contribution in [2.24, 2.45) is 0 Å². The molecule has 4 nitrogen and oxygen atoms in total. The van der Waals surface area contributed by atoms with Crippen LogP contribution < -0.4 is 9.80 Å². The molecule has 12 aromatic rings. The molecule has 80 heavy (non-hydrogen) atoms. The quantitative estimate of drug-likeness (QED) is 0.128. The fourth-order valence-corrected chi connectivity index (χ4v) is 11.7. The predicted molar refractivity (Wildman–Crippen MR) is 327 cm³/mol. The Morgan fingerprint density at radius 1 is 0.362 bits per heavy atom. The largest absolute Gasteiger partial charge is 0.311 e. The van der Waals surface area contributed by atoms with Crippen LogP contribution in [0.1, 0.15) is 33.4 Å². The molecular weight excluding hydrogens is 1150 g/mol. The molecule has 2 aromatic heterocycles. The maximum Gasteiger partial charge on any atom is 0.0462 e. The van der Waals surface area contributed by atoms with Gasteiger partial charge in [0.05, 0.1) is 0 Å². The summed E-state index contributed by atoms with van der Waals surface area (Å²) in [5, 5.41) is 0. The van der Waals surface area contributed by atoms with Crippen LogP contribution in [-0.2, 0) is 38.4 Å². The van der Waals surface area contributed by atoms with Crippen molar-refractivity contribution < 1.29 is 20.1 Å². The molecule has 0 bridgehead atoms. The van der Waals surface area contributed by atoms with Gasteiger partial charge in [-0.05, 0) is 174 Å². The van der Waals surface area contributed by atoms with Gasteiger partial charge >= 0.3 is 0 Å². The van der Waals surface area contributed by atoms with Crippen LogP contribution in [0.25, 0.3) is 55.9 Å². The van der Waals surface area contributed by atoms with E-state index in [1.807, 2.05) is 54.7 Å². The first-order valence-corrected chi connectivity index (χ1v) is 27.1. The van der Waals surface area contributed by atoms with Crippen LogP contribution in [-0.4, -0.2) is 9.97 Å². The van der Waals surface area contributed by atoms with Crippen LogP contribution in [0.2, 0.25) is 0 Å². The predicted octanol–water partition coefficient (Wildman–Crippen LogP) is 19.1. The molecule has 0 aliphatic heterocycles. The Balaban J connectivity index is 0.000000433. The number of fused-ring (bicyclic) bond motifs is 6. The molecule has 2 aliphatic rings. The van der Waals surface area contributed by atoms with Gasteiger partial charge < -0.3 is 19.8 Å². The second kappa shape index (κ2) is 22.6. The molecule has 0 fully saturated rings. The molecule has 1 radical (unpaired) electrons. The van der Waals surface area contributed by atoms with Crippen molar-refractivity contribution in [3.05, 3.63) is 325 Å². The fraction of sp³-hybridized carbons (Fsp3) is 0.0667. The Labute approximate surface area is 483 Å². The number of hydrogen-bond acceptors (Lipinski definition) is 4. The van der Waals surface area contributed by atoms with Crippen molar-refractivity contribution >= 4 is 34.1 Å². The summed E-state index contributed by atoms with van der Waals surface area (Å²) in [5.74, 6) is 0. The molecule has 0 N–H and O–H groups in total. The van der Waals surface area contributed by atoms with E-state index in [0.29, 0.717) is 0 Å². The van der Waals surface area contributed by atoms with Gasteiger partial charge in [-0.2, -0.15) is 0 Å². The summed E-state index contributed by atoms with van der Waals surface area (Å²) in [4.78, 5) is 13.5. The average Bonchev–Trinajstić information content (AvgIpc) is 4.18. The standard InChI is InChI=1S/C64H48N3.C11H8N.Ir/c1-44-16-28-55(29-17-44)66(53-11-5-3-6-12-53)56-30-21-46(22-31-56)47-23-32-57(33-24-47)67(54-13-7-4-8-14-54)58-34-25-48(26-35-58)49-27-37-60-59-36-18-45(2)39-61(59)64(62(60)41-49)42-51-20-19-50(40-52(51)43-64)63-15-9-10-38-65-63;1-2-6-10(7-3-1)11-8-4-5-9-12-11;/h3-18,20-41H,42-43H2,1-2H3;1-6,8-9H;/q2*-1;. The SMILES string of the molecule is Cc1ccc(N(c2ccccc2)c2ccc(-c3ccc(N(c4ccccc4)c4ccc(-c5ccc6c(c5)C5(Cc7c[c-]c(-c8ccccn8)cc7C5)c5cc(C)ccc5-6)cc4)cc3)cc2)cc1.[Ir].[c-]1ccccc1-c1ccccn1. The van der Waals surface area contributed by atoms with E-state index in [-0.39, 0.29) is 25.5 Å². The third-order valence-electron chi connectivity index (χ3n) is 15.6. The van der Waals surface area contributed by atoms with E-state index in [4.69, 9.17) is 0 Å². The van der Waals surface area contributed by atoms with Gasteiger partial charge in [0.2, 0.25) is 0 Å². The molecular formula is C75H56IrN4-2. The number of pyridine rings is 2. The van der Waals surface area contributed by atoms with Crippen molar-refractivity contribution in [1.82, 2.24) is 9.97 Å². The number of nitrogens with zero attached hydrogens (tertiary/aromatic N) is 4. The maximum absolute atomic E-state index is 4.65. The van der Waals surface area contributed by atoms with Gasteiger partial charge in [-0.3, -0.25) is 0 Å². The van der Waals surface area contributed by atoms with E-state index in [1.54, 1.807) is 6.20 Å². The minimum absolute atomic E-state index is 0. The zero-order valence-electron chi connectivity index (χ0n) is 44.6. The molecule has 2 aliphatic carbocycles. The fourth-order valence-electron chi connectivity index (χ4n) is 11.7. The van der Waals surface area contributed by atoms with Crippen LogP contribution in [0.5, 0.6) is 0 Å². The zero-order chi connectivity index (χ0) is 53.1. The van der Waals surface area contributed by atoms with Gasteiger partial charge in [-0.25, -0.2) is 0 Å². The van der Waals surface area contributed by atoms with Gasteiger partial charge in [-0.15, -0.1) is 70.8 Å². The number of rotatable bonds is 10. The number of hydrogen-bond donors (Lipinski definition) is 0. The van der Waals surface area contributed by atoms with Gasteiger partial charge in [0.15, 0.2) is 0 Å². The van der Waals surface area contributed by atoms with Crippen molar-refractivity contribution in [1.29, 1.82) is 0 Å². The molecule has 387 valence electrons. The minimum atomic E-state index is -0.131. The summed E-state index contributed by atoms with van der Waals surface area (Å²) in [6, 6.07) is 102. The van der Waals surface area contributed by atoms with Crippen LogP contribution >= 0.6 is 0 Å². The summed E-state index contributed by atoms with van der Waals surface area (Å²) < 4.78 is 0. The smallest absolute Gasteiger partial charge is 0.0462 e. The normalized spacial score (nSPS) is 13.5. The molecule has 2 heterocycles. The Hall–Kier alpha value is -9.25. The van der Waals surface area contributed by atoms with Crippen molar-refractivity contribution in [2.45, 2.75) is 32.1 Å². The van der Waals surface area contributed by atoms with E-state index >= 15 is 0 Å². The van der Waals surface area contributed by atoms with Gasteiger partial charge in [0, 0.05) is 72.0 Å². The number of para-hydroxylation sites is 2. The van der Waals surface area contributed by atoms with E-state index in [9.17, 15) is 0 Å². The number of aromatic nitrogens is 2. The molecule has 10 aromatic carbocycles. The van der Waals surface area contributed by atoms with Gasteiger partial charge in [0.25, 0.3) is 0 Å².